The molecule has 0 saturated heterocycles. The molecule has 0 unspecified atom stereocenters. The summed E-state index contributed by atoms with van der Waals surface area (Å²) in [6, 6.07) is 9.04. The molecule has 0 N–H and O–H groups in total. The van der Waals surface area contributed by atoms with Crippen LogP contribution >= 0.6 is 0 Å². The average molecular weight is 530 g/mol. The zero-order valence-electron chi connectivity index (χ0n) is 20.4. The predicted octanol–water partition coefficient (Wildman–Crippen LogP) is 4.21. The van der Waals surface area contributed by atoms with Crippen LogP contribution in [0.1, 0.15) is 37.4 Å². The van der Waals surface area contributed by atoms with Crippen molar-refractivity contribution in [2.45, 2.75) is 56.5 Å². The van der Waals surface area contributed by atoms with Gasteiger partial charge in [-0.2, -0.15) is 4.31 Å². The molecule has 196 valence electrons. The van der Waals surface area contributed by atoms with Crippen LogP contribution in [0, 0.1) is 21.8 Å². The van der Waals surface area contributed by atoms with Gasteiger partial charge in [0.15, 0.2) is 0 Å². The summed E-state index contributed by atoms with van der Waals surface area (Å²) >= 11 is 0. The molecular formula is C26H28FN3O6S. The Bertz CT molecular complexity index is 1460. The van der Waals surface area contributed by atoms with E-state index in [9.17, 15) is 27.7 Å². The number of nitro benzene ring substituents is 1. The van der Waals surface area contributed by atoms with Crippen LogP contribution in [0.2, 0.25) is 0 Å². The highest BCUT2D eigenvalue weighted by Crippen LogP contribution is 2.38. The van der Waals surface area contributed by atoms with Crippen molar-refractivity contribution in [1.82, 2.24) is 8.87 Å². The zero-order chi connectivity index (χ0) is 26.3. The van der Waals surface area contributed by atoms with E-state index in [1.165, 1.54) is 40.7 Å². The Labute approximate surface area is 214 Å². The van der Waals surface area contributed by atoms with Crippen LogP contribution in [0.4, 0.5) is 10.1 Å². The molecule has 0 radical (unpaired) electrons. The fourth-order valence-corrected chi connectivity index (χ4v) is 6.97. The molecule has 1 atom stereocenters. The second-order valence-electron chi connectivity index (χ2n) is 9.64. The van der Waals surface area contributed by atoms with Crippen LogP contribution in [-0.2, 0) is 38.9 Å². The molecular weight excluding hydrogens is 501 g/mol. The van der Waals surface area contributed by atoms with Gasteiger partial charge in [-0.05, 0) is 80.8 Å². The summed E-state index contributed by atoms with van der Waals surface area (Å²) in [4.78, 5) is 22.8. The number of hydrogen-bond donors (Lipinski definition) is 0. The molecule has 0 bridgehead atoms. The first-order chi connectivity index (χ1) is 17.7. The number of nitrogens with zero attached hydrogens (tertiary/aromatic N) is 3. The van der Waals surface area contributed by atoms with Gasteiger partial charge in [-0.1, -0.05) is 0 Å². The second kappa shape index (κ2) is 9.86. The van der Waals surface area contributed by atoms with Crippen LogP contribution in [0.3, 0.4) is 0 Å². The van der Waals surface area contributed by atoms with E-state index in [2.05, 4.69) is 0 Å². The predicted molar refractivity (Wildman–Crippen MR) is 134 cm³/mol. The number of esters is 1. The van der Waals surface area contributed by atoms with Crippen molar-refractivity contribution in [3.8, 4) is 0 Å². The first kappa shape index (κ1) is 25.3. The van der Waals surface area contributed by atoms with Crippen molar-refractivity contribution in [2.75, 3.05) is 13.2 Å². The standard InChI is InChI=1S/C26H28FN3O6S/c1-2-36-26(31)16-28-24-11-5-18(27)13-22(24)23-14-20(8-12-25(23)28)29(15-17-3-4-17)37(34,35)21-9-6-19(7-10-21)30(32)33/h5-7,9-11,13,17,20H,2-4,8,12,14-16H2,1H3/t20-/m0/s1. The van der Waals surface area contributed by atoms with Gasteiger partial charge in [0, 0.05) is 41.3 Å². The van der Waals surface area contributed by atoms with Crippen LogP contribution < -0.4 is 0 Å². The lowest BCUT2D eigenvalue weighted by Crippen LogP contribution is -2.44. The number of carbonyl (C=O) groups excluding carboxylic acids is 1. The van der Waals surface area contributed by atoms with E-state index in [-0.39, 0.29) is 41.7 Å². The molecule has 37 heavy (non-hydrogen) atoms. The van der Waals surface area contributed by atoms with E-state index >= 15 is 0 Å². The van der Waals surface area contributed by atoms with Gasteiger partial charge >= 0.3 is 5.97 Å². The Morgan fingerprint density at radius 2 is 1.92 bits per heavy atom. The van der Waals surface area contributed by atoms with E-state index in [0.29, 0.717) is 36.7 Å². The number of non-ortho nitro benzene ring substituents is 1. The number of benzene rings is 2. The van der Waals surface area contributed by atoms with E-state index < -0.39 is 20.8 Å². The Morgan fingerprint density at radius 1 is 1.19 bits per heavy atom. The number of sulfonamides is 1. The number of hydrogen-bond acceptors (Lipinski definition) is 6. The molecule has 0 spiro atoms. The van der Waals surface area contributed by atoms with E-state index in [1.807, 2.05) is 4.57 Å². The molecule has 1 saturated carbocycles. The maximum absolute atomic E-state index is 14.3. The molecule has 3 aromatic rings. The van der Waals surface area contributed by atoms with Crippen molar-refractivity contribution in [1.29, 1.82) is 0 Å². The zero-order valence-corrected chi connectivity index (χ0v) is 21.2. The van der Waals surface area contributed by atoms with Gasteiger partial charge in [0.1, 0.15) is 12.4 Å². The fraction of sp³-hybridized carbons (Fsp3) is 0.423. The molecule has 0 aliphatic heterocycles. The van der Waals surface area contributed by atoms with Crippen LogP contribution in [0.15, 0.2) is 47.4 Å². The Balaban J connectivity index is 1.52. The number of fused-ring (bicyclic) bond motifs is 3. The van der Waals surface area contributed by atoms with Gasteiger partial charge in [0.2, 0.25) is 10.0 Å². The Hall–Kier alpha value is -3.31. The Morgan fingerprint density at radius 3 is 2.57 bits per heavy atom. The van der Waals surface area contributed by atoms with Crippen molar-refractivity contribution in [3.63, 3.8) is 0 Å². The number of rotatable bonds is 9. The van der Waals surface area contributed by atoms with E-state index in [1.54, 1.807) is 13.0 Å². The smallest absolute Gasteiger partial charge is 0.325 e. The number of carbonyl (C=O) groups is 1. The number of ether oxygens (including phenoxy) is 1. The summed E-state index contributed by atoms with van der Waals surface area (Å²) < 4.78 is 50.3. The first-order valence-electron chi connectivity index (χ1n) is 12.4. The summed E-state index contributed by atoms with van der Waals surface area (Å²) in [6.07, 6.45) is 3.34. The quantitative estimate of drug-likeness (QED) is 0.233. The van der Waals surface area contributed by atoms with Crippen molar-refractivity contribution in [2.24, 2.45) is 5.92 Å². The summed E-state index contributed by atoms with van der Waals surface area (Å²) in [5.74, 6) is -0.513. The lowest BCUT2D eigenvalue weighted by atomic mass is 9.91. The van der Waals surface area contributed by atoms with Gasteiger partial charge < -0.3 is 9.30 Å². The highest BCUT2D eigenvalue weighted by molar-refractivity contribution is 7.89. The third kappa shape index (κ3) is 4.97. The van der Waals surface area contributed by atoms with E-state index in [0.717, 1.165) is 24.1 Å². The number of aromatic nitrogens is 1. The molecule has 1 heterocycles. The van der Waals surface area contributed by atoms with Gasteiger partial charge in [-0.25, -0.2) is 12.8 Å². The molecule has 11 heteroatoms. The number of nitro groups is 1. The highest BCUT2D eigenvalue weighted by atomic mass is 32.2. The van der Waals surface area contributed by atoms with Crippen molar-refractivity contribution < 1.29 is 27.3 Å². The summed E-state index contributed by atoms with van der Waals surface area (Å²) in [7, 11) is -3.93. The molecule has 1 fully saturated rings. The lowest BCUT2D eigenvalue weighted by Gasteiger charge is -2.34. The molecule has 1 aromatic heterocycles. The maximum Gasteiger partial charge on any atom is 0.325 e. The molecule has 9 nitrogen and oxygen atoms in total. The van der Waals surface area contributed by atoms with Crippen LogP contribution in [0.5, 0.6) is 0 Å². The summed E-state index contributed by atoms with van der Waals surface area (Å²) in [5.41, 5.74) is 2.28. The van der Waals surface area contributed by atoms with Gasteiger partial charge in [0.25, 0.3) is 5.69 Å². The second-order valence-corrected chi connectivity index (χ2v) is 11.5. The van der Waals surface area contributed by atoms with Crippen molar-refractivity contribution >= 4 is 32.6 Å². The molecule has 2 aromatic carbocycles. The lowest BCUT2D eigenvalue weighted by molar-refractivity contribution is -0.384. The van der Waals surface area contributed by atoms with Crippen molar-refractivity contribution in [3.05, 3.63) is 69.7 Å². The minimum absolute atomic E-state index is 0.00283. The third-order valence-electron chi connectivity index (χ3n) is 7.19. The summed E-state index contributed by atoms with van der Waals surface area (Å²) in [5, 5.41) is 11.7. The molecule has 5 rings (SSSR count). The average Bonchev–Trinajstić information content (AvgIpc) is 3.65. The SMILES string of the molecule is CCOC(=O)Cn1c2c(c3cc(F)ccc31)C[C@@H](N(CC1CC1)S(=O)(=O)c1ccc([N+](=O)[O-])cc1)CC2. The molecule has 2 aliphatic rings. The van der Waals surface area contributed by atoms with Crippen LogP contribution in [-0.4, -0.2) is 47.4 Å². The van der Waals surface area contributed by atoms with Gasteiger partial charge in [0.05, 0.1) is 16.4 Å². The summed E-state index contributed by atoms with van der Waals surface area (Å²) in [6.45, 7) is 2.37. The molecule has 2 aliphatic carbocycles. The maximum atomic E-state index is 14.3. The number of halogens is 1. The highest BCUT2D eigenvalue weighted by Gasteiger charge is 2.39. The minimum Gasteiger partial charge on any atom is -0.465 e. The Kier molecular flexibility index (Phi) is 6.76. The van der Waals surface area contributed by atoms with Crippen LogP contribution in [0.25, 0.3) is 10.9 Å². The fourth-order valence-electron chi connectivity index (χ4n) is 5.24. The topological polar surface area (TPSA) is 112 Å². The minimum atomic E-state index is -3.93. The third-order valence-corrected chi connectivity index (χ3v) is 9.12. The molecule has 0 amide bonds. The monoisotopic (exact) mass is 529 g/mol. The first-order valence-corrected chi connectivity index (χ1v) is 13.8. The van der Waals surface area contributed by atoms with Gasteiger partial charge in [-0.3, -0.25) is 14.9 Å². The normalized spacial score (nSPS) is 17.6. The van der Waals surface area contributed by atoms with E-state index in [4.69, 9.17) is 4.74 Å². The largest absolute Gasteiger partial charge is 0.465 e. The van der Waals surface area contributed by atoms with Gasteiger partial charge in [-0.15, -0.1) is 0 Å².